The molecule has 1 fully saturated rings. The Labute approximate surface area is 118 Å². The van der Waals surface area contributed by atoms with Gasteiger partial charge in [0.25, 0.3) is 0 Å². The van der Waals surface area contributed by atoms with Crippen LogP contribution >= 0.6 is 0 Å². The summed E-state index contributed by atoms with van der Waals surface area (Å²) in [6.07, 6.45) is 4.70. The number of carboxylic acids is 1. The number of rotatable bonds is 6. The number of carbonyl (C=O) groups excluding carboxylic acids is 2. The molecule has 7 heteroatoms. The number of nitrogens with two attached hydrogens (primary N) is 1. The van der Waals surface area contributed by atoms with E-state index in [0.717, 1.165) is 19.3 Å². The molecule has 1 rings (SSSR count). The summed E-state index contributed by atoms with van der Waals surface area (Å²) in [5, 5.41) is 11.9. The molecule has 0 aromatic carbocycles. The fraction of sp³-hybridized carbons (Fsp3) is 0.769. The number of urea groups is 1. The van der Waals surface area contributed by atoms with Crippen molar-refractivity contribution in [2.45, 2.75) is 51.0 Å². The quantitative estimate of drug-likeness (QED) is 0.623. The van der Waals surface area contributed by atoms with Crippen LogP contribution in [0.4, 0.5) is 4.79 Å². The zero-order valence-electron chi connectivity index (χ0n) is 11.6. The Morgan fingerprint density at radius 1 is 1.20 bits per heavy atom. The van der Waals surface area contributed by atoms with Crippen molar-refractivity contribution in [1.29, 1.82) is 0 Å². The highest BCUT2D eigenvalue weighted by atomic mass is 16.4. The minimum atomic E-state index is -0.948. The number of amides is 3. The molecule has 1 heterocycles. The van der Waals surface area contributed by atoms with E-state index in [1.807, 2.05) is 0 Å². The highest BCUT2D eigenvalue weighted by Gasteiger charge is 2.30. The number of nitrogens with one attached hydrogen (secondary N) is 1. The summed E-state index contributed by atoms with van der Waals surface area (Å²) in [4.78, 5) is 35.2. The van der Waals surface area contributed by atoms with Crippen LogP contribution in [0.1, 0.15) is 44.9 Å². The van der Waals surface area contributed by atoms with Gasteiger partial charge in [-0.15, -0.1) is 0 Å². The van der Waals surface area contributed by atoms with Gasteiger partial charge in [-0.3, -0.25) is 4.79 Å². The number of likely N-dealkylation sites (tertiary alicyclic amines) is 1. The van der Waals surface area contributed by atoms with Crippen LogP contribution in [0, 0.1) is 0 Å². The molecule has 114 valence electrons. The lowest BCUT2D eigenvalue weighted by molar-refractivity contribution is -0.142. The topological polar surface area (TPSA) is 113 Å². The first-order chi connectivity index (χ1) is 9.52. The molecule has 0 aliphatic carbocycles. The largest absolute Gasteiger partial charge is 0.480 e. The highest BCUT2D eigenvalue weighted by Crippen LogP contribution is 2.17. The summed E-state index contributed by atoms with van der Waals surface area (Å²) in [6.45, 7) is 0.902. The summed E-state index contributed by atoms with van der Waals surface area (Å²) in [5.74, 6) is -1.30. The third kappa shape index (κ3) is 5.46. The summed E-state index contributed by atoms with van der Waals surface area (Å²) >= 11 is 0. The number of hydrogen-bond acceptors (Lipinski definition) is 3. The average Bonchev–Trinajstić information content (AvgIpc) is 2.63. The average molecular weight is 285 g/mol. The van der Waals surface area contributed by atoms with Crippen LogP contribution in [-0.2, 0) is 9.59 Å². The Kier molecular flexibility index (Phi) is 6.83. The van der Waals surface area contributed by atoms with E-state index in [-0.39, 0.29) is 11.9 Å². The first-order valence-electron chi connectivity index (χ1n) is 7.08. The molecular formula is C13H23N3O4. The Hall–Kier alpha value is -1.79. The lowest BCUT2D eigenvalue weighted by Crippen LogP contribution is -2.49. The lowest BCUT2D eigenvalue weighted by atomic mass is 10.1. The molecule has 1 aliphatic rings. The Balaban J connectivity index is 2.38. The van der Waals surface area contributed by atoms with Crippen molar-refractivity contribution in [2.24, 2.45) is 5.73 Å². The number of hydrogen-bond donors (Lipinski definition) is 3. The van der Waals surface area contributed by atoms with Crippen molar-refractivity contribution < 1.29 is 19.5 Å². The zero-order valence-corrected chi connectivity index (χ0v) is 11.6. The van der Waals surface area contributed by atoms with Gasteiger partial charge in [0, 0.05) is 19.5 Å². The van der Waals surface area contributed by atoms with E-state index in [1.165, 1.54) is 4.90 Å². The molecule has 0 saturated carbocycles. The summed E-state index contributed by atoms with van der Waals surface area (Å²) < 4.78 is 0. The molecule has 1 atom stereocenters. The summed E-state index contributed by atoms with van der Waals surface area (Å²) in [7, 11) is 0. The number of carboxylic acid groups (broad SMARTS) is 1. The van der Waals surface area contributed by atoms with Crippen molar-refractivity contribution in [2.75, 3.05) is 13.1 Å². The summed E-state index contributed by atoms with van der Waals surface area (Å²) in [6, 6.07) is -1.07. The van der Waals surface area contributed by atoms with E-state index in [9.17, 15) is 19.5 Å². The molecule has 1 saturated heterocycles. The molecule has 0 spiro atoms. The minimum Gasteiger partial charge on any atom is -0.480 e. The van der Waals surface area contributed by atoms with Crippen molar-refractivity contribution in [1.82, 2.24) is 10.2 Å². The first-order valence-corrected chi connectivity index (χ1v) is 7.08. The van der Waals surface area contributed by atoms with E-state index < -0.39 is 12.0 Å². The van der Waals surface area contributed by atoms with E-state index >= 15 is 0 Å². The van der Waals surface area contributed by atoms with E-state index in [2.05, 4.69) is 5.32 Å². The van der Waals surface area contributed by atoms with Gasteiger partial charge in [0.1, 0.15) is 6.04 Å². The number of carbonyl (C=O) groups is 3. The van der Waals surface area contributed by atoms with Crippen LogP contribution in [0.5, 0.6) is 0 Å². The third-order valence-electron chi connectivity index (χ3n) is 3.42. The van der Waals surface area contributed by atoms with E-state index in [1.54, 1.807) is 0 Å². The molecule has 1 unspecified atom stereocenters. The monoisotopic (exact) mass is 285 g/mol. The van der Waals surface area contributed by atoms with Crippen molar-refractivity contribution in [3.63, 3.8) is 0 Å². The maximum atomic E-state index is 12.0. The van der Waals surface area contributed by atoms with E-state index in [4.69, 9.17) is 5.73 Å². The highest BCUT2D eigenvalue weighted by molar-refractivity contribution is 5.82. The van der Waals surface area contributed by atoms with Crippen LogP contribution < -0.4 is 11.1 Å². The molecule has 0 bridgehead atoms. The maximum Gasteiger partial charge on any atom is 0.326 e. The van der Waals surface area contributed by atoms with Gasteiger partial charge in [0.15, 0.2) is 0 Å². The third-order valence-corrected chi connectivity index (χ3v) is 3.42. The standard InChI is InChI=1S/C13H23N3O4/c14-11(17)7-3-4-8-15-13(20)16-9-5-1-2-6-10(16)12(18)19/h10H,1-9H2,(H2,14,17)(H,15,20)(H,18,19). The van der Waals surface area contributed by atoms with Gasteiger partial charge in [0.2, 0.25) is 5.91 Å². The molecule has 0 radical (unpaired) electrons. The van der Waals surface area contributed by atoms with Gasteiger partial charge in [-0.25, -0.2) is 9.59 Å². The second-order valence-corrected chi connectivity index (χ2v) is 5.05. The summed E-state index contributed by atoms with van der Waals surface area (Å²) in [5.41, 5.74) is 5.02. The molecule has 3 amide bonds. The Morgan fingerprint density at radius 2 is 1.95 bits per heavy atom. The molecule has 4 N–H and O–H groups in total. The number of primary amides is 1. The number of nitrogens with zero attached hydrogens (tertiary/aromatic N) is 1. The fourth-order valence-electron chi connectivity index (χ4n) is 2.33. The molecule has 20 heavy (non-hydrogen) atoms. The predicted molar refractivity (Wildman–Crippen MR) is 73.0 cm³/mol. The lowest BCUT2D eigenvalue weighted by Gasteiger charge is -2.27. The number of aliphatic carboxylic acids is 1. The molecule has 7 nitrogen and oxygen atoms in total. The van der Waals surface area contributed by atoms with Crippen LogP contribution in [-0.4, -0.2) is 47.0 Å². The molecular weight excluding hydrogens is 262 g/mol. The van der Waals surface area contributed by atoms with Gasteiger partial charge in [-0.05, 0) is 25.7 Å². The zero-order chi connectivity index (χ0) is 15.0. The van der Waals surface area contributed by atoms with Gasteiger partial charge >= 0.3 is 12.0 Å². The SMILES string of the molecule is NC(=O)CCCCNC(=O)N1CCCCCC1C(=O)O. The minimum absolute atomic E-state index is 0.303. The predicted octanol–water partition coefficient (Wildman–Crippen LogP) is 0.681. The van der Waals surface area contributed by atoms with Crippen molar-refractivity contribution in [3.05, 3.63) is 0 Å². The maximum absolute atomic E-state index is 12.0. The Bertz CT molecular complexity index is 360. The fourth-order valence-corrected chi connectivity index (χ4v) is 2.33. The number of unbranched alkanes of at least 4 members (excludes halogenated alkanes) is 1. The normalized spacial score (nSPS) is 19.2. The van der Waals surface area contributed by atoms with Crippen LogP contribution in [0.3, 0.4) is 0 Å². The van der Waals surface area contributed by atoms with Gasteiger partial charge in [-0.2, -0.15) is 0 Å². The van der Waals surface area contributed by atoms with Crippen molar-refractivity contribution in [3.8, 4) is 0 Å². The van der Waals surface area contributed by atoms with Gasteiger partial charge in [0.05, 0.1) is 0 Å². The van der Waals surface area contributed by atoms with E-state index in [0.29, 0.717) is 38.8 Å². The van der Waals surface area contributed by atoms with Crippen molar-refractivity contribution >= 4 is 17.9 Å². The molecule has 1 aliphatic heterocycles. The molecule has 0 aromatic heterocycles. The molecule has 0 aromatic rings. The second kappa shape index (κ2) is 8.39. The van der Waals surface area contributed by atoms with Crippen LogP contribution in [0.15, 0.2) is 0 Å². The van der Waals surface area contributed by atoms with Gasteiger partial charge < -0.3 is 21.1 Å². The van der Waals surface area contributed by atoms with Gasteiger partial charge in [-0.1, -0.05) is 12.8 Å². The van der Waals surface area contributed by atoms with Crippen LogP contribution in [0.25, 0.3) is 0 Å². The first kappa shape index (κ1) is 16.3. The van der Waals surface area contributed by atoms with Crippen LogP contribution in [0.2, 0.25) is 0 Å². The second-order valence-electron chi connectivity index (χ2n) is 5.05. The Morgan fingerprint density at radius 3 is 2.60 bits per heavy atom. The smallest absolute Gasteiger partial charge is 0.326 e.